The average Bonchev–Trinajstić information content (AvgIpc) is 1.88. The molecular formula is C8H14OS. The third-order valence-corrected chi connectivity index (χ3v) is 2.51. The zero-order valence-electron chi connectivity index (χ0n) is 6.72. The minimum Gasteiger partial charge on any atom is -0.392 e. The second-order valence-corrected chi connectivity index (χ2v) is 3.55. The fourth-order valence-corrected chi connectivity index (χ4v) is 1.15. The van der Waals surface area contributed by atoms with E-state index in [0.29, 0.717) is 5.25 Å². The quantitative estimate of drug-likeness (QED) is 0.628. The van der Waals surface area contributed by atoms with Gasteiger partial charge in [0.05, 0.1) is 11.9 Å². The van der Waals surface area contributed by atoms with Gasteiger partial charge in [-0.05, 0) is 13.8 Å². The molecule has 1 N–H and O–H groups in total. The third kappa shape index (κ3) is 4.72. The zero-order valence-corrected chi connectivity index (χ0v) is 7.53. The molecule has 0 rings (SSSR count). The molecule has 0 aliphatic rings. The third-order valence-electron chi connectivity index (χ3n) is 1.27. The topological polar surface area (TPSA) is 20.2 Å². The molecule has 0 aliphatic heterocycles. The molecule has 0 aliphatic carbocycles. The van der Waals surface area contributed by atoms with E-state index in [-0.39, 0.29) is 6.10 Å². The van der Waals surface area contributed by atoms with Crippen molar-refractivity contribution in [2.75, 3.05) is 5.75 Å². The summed E-state index contributed by atoms with van der Waals surface area (Å²) in [5.74, 6) is 6.57. The Balaban J connectivity index is 3.36. The van der Waals surface area contributed by atoms with Gasteiger partial charge in [0.25, 0.3) is 0 Å². The van der Waals surface area contributed by atoms with E-state index in [1.54, 1.807) is 18.7 Å². The smallest absolute Gasteiger partial charge is 0.0628 e. The Morgan fingerprint density at radius 2 is 2.10 bits per heavy atom. The van der Waals surface area contributed by atoms with E-state index < -0.39 is 0 Å². The van der Waals surface area contributed by atoms with Crippen molar-refractivity contribution in [2.24, 2.45) is 0 Å². The first-order chi connectivity index (χ1) is 4.68. The highest BCUT2D eigenvalue weighted by atomic mass is 32.2. The summed E-state index contributed by atoms with van der Waals surface area (Å²) in [5.41, 5.74) is 0. The number of aliphatic hydroxyl groups is 1. The molecule has 0 fully saturated rings. The molecule has 58 valence electrons. The Labute approximate surface area is 67.2 Å². The van der Waals surface area contributed by atoms with Gasteiger partial charge in [-0.25, -0.2) is 0 Å². The Bertz CT molecular complexity index is 132. The lowest BCUT2D eigenvalue weighted by molar-refractivity contribution is 0.196. The summed E-state index contributed by atoms with van der Waals surface area (Å²) in [6.07, 6.45) is -0.233. The van der Waals surface area contributed by atoms with Crippen molar-refractivity contribution in [3.63, 3.8) is 0 Å². The van der Waals surface area contributed by atoms with E-state index >= 15 is 0 Å². The molecule has 0 aromatic rings. The molecule has 0 saturated carbocycles. The van der Waals surface area contributed by atoms with Crippen LogP contribution in [0.5, 0.6) is 0 Å². The summed E-state index contributed by atoms with van der Waals surface area (Å²) in [6.45, 7) is 5.64. The molecular weight excluding hydrogens is 144 g/mol. The summed E-state index contributed by atoms with van der Waals surface area (Å²) in [4.78, 5) is 0. The molecule has 2 atom stereocenters. The largest absolute Gasteiger partial charge is 0.392 e. The van der Waals surface area contributed by atoms with Crippen molar-refractivity contribution >= 4 is 11.8 Å². The molecule has 2 unspecified atom stereocenters. The highest BCUT2D eigenvalue weighted by molar-refractivity contribution is 8.00. The second kappa shape index (κ2) is 5.64. The van der Waals surface area contributed by atoms with E-state index in [4.69, 9.17) is 5.11 Å². The maximum atomic E-state index is 9.05. The predicted molar refractivity (Wildman–Crippen MR) is 47.1 cm³/mol. The van der Waals surface area contributed by atoms with Crippen LogP contribution in [0.15, 0.2) is 0 Å². The molecule has 0 heterocycles. The molecule has 0 bridgehead atoms. The fourth-order valence-electron chi connectivity index (χ4n) is 0.385. The minimum atomic E-state index is -0.233. The van der Waals surface area contributed by atoms with Crippen LogP contribution in [0.4, 0.5) is 0 Å². The minimum absolute atomic E-state index is 0.233. The number of hydrogen-bond donors (Lipinski definition) is 1. The van der Waals surface area contributed by atoms with Crippen LogP contribution in [0.3, 0.4) is 0 Å². The van der Waals surface area contributed by atoms with Crippen molar-refractivity contribution < 1.29 is 5.11 Å². The van der Waals surface area contributed by atoms with Gasteiger partial charge in [-0.3, -0.25) is 0 Å². The normalized spacial score (nSPS) is 15.2. The summed E-state index contributed by atoms with van der Waals surface area (Å²) >= 11 is 1.69. The van der Waals surface area contributed by atoms with Crippen LogP contribution in [0.2, 0.25) is 0 Å². The lowest BCUT2D eigenvalue weighted by Crippen LogP contribution is -2.15. The van der Waals surface area contributed by atoms with Gasteiger partial charge in [-0.2, -0.15) is 0 Å². The Morgan fingerprint density at radius 1 is 1.50 bits per heavy atom. The molecule has 0 spiro atoms. The average molecular weight is 158 g/mol. The van der Waals surface area contributed by atoms with Crippen molar-refractivity contribution in [1.82, 2.24) is 0 Å². The van der Waals surface area contributed by atoms with E-state index in [9.17, 15) is 0 Å². The number of aliphatic hydroxyl groups excluding tert-OH is 1. The molecule has 0 aromatic carbocycles. The van der Waals surface area contributed by atoms with Gasteiger partial charge in [-0.15, -0.1) is 17.7 Å². The number of rotatable bonds is 3. The first-order valence-electron chi connectivity index (χ1n) is 3.37. The van der Waals surface area contributed by atoms with Crippen LogP contribution in [-0.2, 0) is 0 Å². The van der Waals surface area contributed by atoms with Gasteiger partial charge in [0, 0.05) is 5.25 Å². The van der Waals surface area contributed by atoms with Crippen LogP contribution in [0.1, 0.15) is 20.8 Å². The van der Waals surface area contributed by atoms with E-state index in [1.807, 2.05) is 13.8 Å². The lowest BCUT2D eigenvalue weighted by atomic mass is 10.3. The zero-order chi connectivity index (χ0) is 7.98. The first kappa shape index (κ1) is 9.87. The van der Waals surface area contributed by atoms with Gasteiger partial charge in [0.1, 0.15) is 0 Å². The van der Waals surface area contributed by atoms with Crippen LogP contribution >= 0.6 is 11.8 Å². The predicted octanol–water partition coefficient (Wildman–Crippen LogP) is 1.51. The van der Waals surface area contributed by atoms with Crippen LogP contribution in [-0.4, -0.2) is 22.2 Å². The van der Waals surface area contributed by atoms with Gasteiger partial charge in [0.15, 0.2) is 0 Å². The molecule has 0 radical (unpaired) electrons. The van der Waals surface area contributed by atoms with Crippen LogP contribution in [0.25, 0.3) is 0 Å². The van der Waals surface area contributed by atoms with Crippen molar-refractivity contribution in [3.05, 3.63) is 0 Å². The fraction of sp³-hybridized carbons (Fsp3) is 0.750. The van der Waals surface area contributed by atoms with Gasteiger partial charge in [-0.1, -0.05) is 12.8 Å². The van der Waals surface area contributed by atoms with Gasteiger partial charge < -0.3 is 5.11 Å². The molecule has 0 amide bonds. The Kier molecular flexibility index (Phi) is 5.57. The summed E-state index contributed by atoms with van der Waals surface area (Å²) in [7, 11) is 0. The molecule has 10 heavy (non-hydrogen) atoms. The van der Waals surface area contributed by atoms with Gasteiger partial charge >= 0.3 is 0 Å². The van der Waals surface area contributed by atoms with Crippen LogP contribution in [0, 0.1) is 11.8 Å². The van der Waals surface area contributed by atoms with Crippen LogP contribution < -0.4 is 0 Å². The van der Waals surface area contributed by atoms with Crippen molar-refractivity contribution in [3.8, 4) is 11.8 Å². The van der Waals surface area contributed by atoms with Crippen molar-refractivity contribution in [1.29, 1.82) is 0 Å². The molecule has 2 heteroatoms. The molecule has 1 nitrogen and oxygen atoms in total. The highest BCUT2D eigenvalue weighted by Gasteiger charge is 2.06. The van der Waals surface area contributed by atoms with Gasteiger partial charge in [0.2, 0.25) is 0 Å². The molecule has 0 saturated heterocycles. The maximum absolute atomic E-state index is 9.05. The second-order valence-electron chi connectivity index (χ2n) is 2.18. The first-order valence-corrected chi connectivity index (χ1v) is 4.42. The maximum Gasteiger partial charge on any atom is 0.0628 e. The number of hydrogen-bond acceptors (Lipinski definition) is 2. The number of thioether (sulfide) groups is 1. The molecule has 0 aromatic heterocycles. The van der Waals surface area contributed by atoms with E-state index in [1.165, 1.54) is 0 Å². The van der Waals surface area contributed by atoms with E-state index in [2.05, 4.69) is 11.8 Å². The lowest BCUT2D eigenvalue weighted by Gasteiger charge is -2.11. The van der Waals surface area contributed by atoms with Crippen molar-refractivity contribution in [2.45, 2.75) is 32.1 Å². The Hall–Kier alpha value is -0.130. The summed E-state index contributed by atoms with van der Waals surface area (Å²) in [6, 6.07) is 0. The SMILES string of the molecule is CC#CCSC(C)C(C)O. The highest BCUT2D eigenvalue weighted by Crippen LogP contribution is 2.12. The Morgan fingerprint density at radius 3 is 2.50 bits per heavy atom. The standard InChI is InChI=1S/C8H14OS/c1-4-5-6-10-8(3)7(2)9/h7-9H,6H2,1-3H3. The summed E-state index contributed by atoms with van der Waals surface area (Å²) < 4.78 is 0. The monoisotopic (exact) mass is 158 g/mol. The van der Waals surface area contributed by atoms with E-state index in [0.717, 1.165) is 5.75 Å². The summed E-state index contributed by atoms with van der Waals surface area (Å²) in [5, 5.41) is 9.34.